The van der Waals surface area contributed by atoms with Gasteiger partial charge in [0.15, 0.2) is 0 Å². The second-order valence-corrected chi connectivity index (χ2v) is 7.94. The zero-order chi connectivity index (χ0) is 20.3. The first-order chi connectivity index (χ1) is 14.2. The monoisotopic (exact) mass is 400 g/mol. The van der Waals surface area contributed by atoms with E-state index in [4.69, 9.17) is 9.47 Å². The molecule has 1 atom stereocenters. The Morgan fingerprint density at radius 2 is 1.55 bits per heavy atom. The van der Waals surface area contributed by atoms with Gasteiger partial charge in [0, 0.05) is 5.56 Å². The number of hydrogen-bond donors (Lipinski definition) is 3. The second-order valence-electron chi connectivity index (χ2n) is 7.94. The van der Waals surface area contributed by atoms with Gasteiger partial charge in [-0.1, -0.05) is 49.4 Å². The minimum atomic E-state index is -0.412. The van der Waals surface area contributed by atoms with Gasteiger partial charge in [0.05, 0.1) is 13.2 Å². The molecule has 1 fully saturated rings. The average Bonchev–Trinajstić information content (AvgIpc) is 2.76. The lowest BCUT2D eigenvalue weighted by molar-refractivity contribution is -1.02. The van der Waals surface area contributed by atoms with Gasteiger partial charge >= 0.3 is 0 Å². The summed E-state index contributed by atoms with van der Waals surface area (Å²) in [6, 6.07) is 18.9. The van der Waals surface area contributed by atoms with Crippen LogP contribution in [0.1, 0.15) is 18.1 Å². The number of piperazine rings is 1. The summed E-state index contributed by atoms with van der Waals surface area (Å²) in [4.78, 5) is 3.11. The minimum Gasteiger partial charge on any atom is -0.491 e. The Morgan fingerprint density at radius 3 is 2.24 bits per heavy atom. The standard InChI is InChI=1S/C24H34N2O3/c1-2-21-8-10-24(11-9-21)29-17-16-28-20-23(27)19-26-14-12-25(13-15-26)18-22-6-4-3-5-7-22/h3-11,23,27H,2,12-20H2,1H3/p+2/t23-/m1/s1. The minimum absolute atomic E-state index is 0.377. The van der Waals surface area contributed by atoms with E-state index in [1.54, 1.807) is 4.90 Å². The highest BCUT2D eigenvalue weighted by Gasteiger charge is 2.24. The molecule has 0 amide bonds. The number of nitrogens with one attached hydrogen (secondary N) is 2. The molecule has 0 bridgehead atoms. The van der Waals surface area contributed by atoms with E-state index >= 15 is 0 Å². The third-order valence-corrected chi connectivity index (χ3v) is 5.62. The van der Waals surface area contributed by atoms with E-state index in [1.807, 2.05) is 12.1 Å². The van der Waals surface area contributed by atoms with Crippen LogP contribution in [0.2, 0.25) is 0 Å². The van der Waals surface area contributed by atoms with Crippen LogP contribution in [0.15, 0.2) is 54.6 Å². The topological polar surface area (TPSA) is 47.6 Å². The van der Waals surface area contributed by atoms with Crippen LogP contribution >= 0.6 is 0 Å². The molecule has 0 aliphatic carbocycles. The Hall–Kier alpha value is -1.92. The Kier molecular flexibility index (Phi) is 8.96. The molecular formula is C24H36N2O3+2. The largest absolute Gasteiger partial charge is 0.491 e. The molecule has 158 valence electrons. The van der Waals surface area contributed by atoms with Gasteiger partial charge in [-0.2, -0.15) is 0 Å². The van der Waals surface area contributed by atoms with E-state index in [9.17, 15) is 5.11 Å². The van der Waals surface area contributed by atoms with Crippen molar-refractivity contribution in [3.05, 3.63) is 65.7 Å². The number of aryl methyl sites for hydroxylation is 1. The van der Waals surface area contributed by atoms with Crippen molar-refractivity contribution in [1.82, 2.24) is 0 Å². The lowest BCUT2D eigenvalue weighted by Gasteiger charge is -2.30. The molecule has 0 unspecified atom stereocenters. The van der Waals surface area contributed by atoms with E-state index in [2.05, 4.69) is 49.4 Å². The number of aliphatic hydroxyl groups is 1. The molecule has 0 spiro atoms. The van der Waals surface area contributed by atoms with E-state index < -0.39 is 6.10 Å². The average molecular weight is 401 g/mol. The van der Waals surface area contributed by atoms with E-state index in [0.717, 1.165) is 51.4 Å². The SMILES string of the molecule is CCc1ccc(OCCOC[C@H](O)C[NH+]2CC[NH+](Cc3ccccc3)CC2)cc1. The molecule has 3 N–H and O–H groups in total. The van der Waals surface area contributed by atoms with E-state index in [1.165, 1.54) is 16.0 Å². The van der Waals surface area contributed by atoms with Crippen LogP contribution in [0.3, 0.4) is 0 Å². The molecule has 2 aromatic carbocycles. The quantitative estimate of drug-likeness (QED) is 0.465. The smallest absolute Gasteiger partial charge is 0.127 e. The highest BCUT2D eigenvalue weighted by Crippen LogP contribution is 2.12. The zero-order valence-electron chi connectivity index (χ0n) is 17.6. The molecule has 0 aromatic heterocycles. The van der Waals surface area contributed by atoms with Gasteiger partial charge in [-0.25, -0.2) is 0 Å². The summed E-state index contributed by atoms with van der Waals surface area (Å²) in [5, 5.41) is 10.3. The van der Waals surface area contributed by atoms with Gasteiger partial charge < -0.3 is 24.4 Å². The number of aliphatic hydroxyl groups excluding tert-OH is 1. The fourth-order valence-corrected chi connectivity index (χ4v) is 3.87. The summed E-state index contributed by atoms with van der Waals surface area (Å²) in [5.41, 5.74) is 2.71. The molecule has 1 aliphatic rings. The van der Waals surface area contributed by atoms with Crippen molar-refractivity contribution in [3.63, 3.8) is 0 Å². The highest BCUT2D eigenvalue weighted by molar-refractivity contribution is 5.27. The predicted molar refractivity (Wildman–Crippen MR) is 115 cm³/mol. The predicted octanol–water partition coefficient (Wildman–Crippen LogP) is -0.0111. The Balaban J connectivity index is 1.24. The summed E-state index contributed by atoms with van der Waals surface area (Å²) < 4.78 is 11.3. The summed E-state index contributed by atoms with van der Waals surface area (Å²) in [7, 11) is 0. The van der Waals surface area contributed by atoms with Crippen molar-refractivity contribution in [1.29, 1.82) is 0 Å². The maximum atomic E-state index is 10.3. The van der Waals surface area contributed by atoms with Crippen molar-refractivity contribution in [2.24, 2.45) is 0 Å². The van der Waals surface area contributed by atoms with Crippen LogP contribution in [0.25, 0.3) is 0 Å². The molecule has 1 saturated heterocycles. The van der Waals surface area contributed by atoms with Crippen LogP contribution in [-0.4, -0.2) is 63.8 Å². The van der Waals surface area contributed by atoms with E-state index in [0.29, 0.717) is 19.8 Å². The van der Waals surface area contributed by atoms with Crippen molar-refractivity contribution in [3.8, 4) is 5.75 Å². The van der Waals surface area contributed by atoms with Crippen LogP contribution in [0, 0.1) is 0 Å². The first-order valence-electron chi connectivity index (χ1n) is 10.9. The fraction of sp³-hybridized carbons (Fsp3) is 0.500. The maximum Gasteiger partial charge on any atom is 0.127 e. The van der Waals surface area contributed by atoms with Crippen molar-refractivity contribution in [2.45, 2.75) is 26.0 Å². The lowest BCUT2D eigenvalue weighted by Crippen LogP contribution is -3.28. The maximum absolute atomic E-state index is 10.3. The molecule has 5 heteroatoms. The number of rotatable bonds is 11. The third kappa shape index (κ3) is 7.78. The molecule has 0 saturated carbocycles. The van der Waals surface area contributed by atoms with Crippen LogP contribution in [-0.2, 0) is 17.7 Å². The number of quaternary nitrogens is 2. The summed E-state index contributed by atoms with van der Waals surface area (Å²) in [5.74, 6) is 0.867. The number of benzene rings is 2. The first-order valence-corrected chi connectivity index (χ1v) is 10.9. The Labute approximate surface area is 174 Å². The fourth-order valence-electron chi connectivity index (χ4n) is 3.87. The first kappa shape index (κ1) is 21.8. The van der Waals surface area contributed by atoms with Gasteiger partial charge in [0.2, 0.25) is 0 Å². The zero-order valence-corrected chi connectivity index (χ0v) is 17.6. The van der Waals surface area contributed by atoms with Crippen molar-refractivity contribution < 1.29 is 24.4 Å². The molecule has 29 heavy (non-hydrogen) atoms. The summed E-state index contributed by atoms with van der Waals surface area (Å²) >= 11 is 0. The normalized spacial score (nSPS) is 20.3. The molecule has 5 nitrogen and oxygen atoms in total. The summed E-state index contributed by atoms with van der Waals surface area (Å²) in [6.07, 6.45) is 0.622. The van der Waals surface area contributed by atoms with Crippen molar-refractivity contribution >= 4 is 0 Å². The Bertz CT molecular complexity index is 685. The molecule has 1 heterocycles. The van der Waals surface area contributed by atoms with E-state index in [-0.39, 0.29) is 0 Å². The van der Waals surface area contributed by atoms with Gasteiger partial charge in [0.25, 0.3) is 0 Å². The highest BCUT2D eigenvalue weighted by atomic mass is 16.5. The lowest BCUT2D eigenvalue weighted by atomic mass is 10.2. The van der Waals surface area contributed by atoms with Gasteiger partial charge in [0.1, 0.15) is 57.7 Å². The third-order valence-electron chi connectivity index (χ3n) is 5.62. The number of ether oxygens (including phenoxy) is 2. The Morgan fingerprint density at radius 1 is 0.862 bits per heavy atom. The van der Waals surface area contributed by atoms with Crippen LogP contribution in [0.5, 0.6) is 5.75 Å². The van der Waals surface area contributed by atoms with Gasteiger partial charge in [-0.15, -0.1) is 0 Å². The van der Waals surface area contributed by atoms with Gasteiger partial charge in [-0.3, -0.25) is 0 Å². The molecule has 3 rings (SSSR count). The molecule has 0 radical (unpaired) electrons. The van der Waals surface area contributed by atoms with Crippen LogP contribution in [0.4, 0.5) is 0 Å². The molecule has 1 aliphatic heterocycles. The van der Waals surface area contributed by atoms with Crippen molar-refractivity contribution in [2.75, 3.05) is 52.5 Å². The number of hydrogen-bond acceptors (Lipinski definition) is 3. The van der Waals surface area contributed by atoms with Crippen LogP contribution < -0.4 is 14.5 Å². The molecule has 2 aromatic rings. The molecular weight excluding hydrogens is 364 g/mol. The van der Waals surface area contributed by atoms with Gasteiger partial charge in [-0.05, 0) is 24.1 Å². The second kappa shape index (κ2) is 11.9. The summed E-state index contributed by atoms with van der Waals surface area (Å²) in [6.45, 7) is 9.91.